The maximum Gasteiger partial charge on any atom is 0.125 e. The number of rotatable bonds is 3. The molecule has 2 unspecified atom stereocenters. The minimum absolute atomic E-state index is 0.211. The van der Waals surface area contributed by atoms with E-state index in [1.165, 1.54) is 18.9 Å². The van der Waals surface area contributed by atoms with Crippen molar-refractivity contribution >= 4 is 34.4 Å². The highest BCUT2D eigenvalue weighted by atomic mass is 35.5. The predicted molar refractivity (Wildman–Crippen MR) is 84.1 cm³/mol. The van der Waals surface area contributed by atoms with E-state index in [2.05, 4.69) is 15.8 Å². The Labute approximate surface area is 127 Å². The Morgan fingerprint density at radius 2 is 2.30 bits per heavy atom. The molecule has 1 aromatic heterocycles. The Hall–Kier alpha value is -0.740. The molecule has 20 heavy (non-hydrogen) atoms. The van der Waals surface area contributed by atoms with Crippen LogP contribution in [0.3, 0.4) is 0 Å². The molecule has 1 aromatic carbocycles. The van der Waals surface area contributed by atoms with Crippen molar-refractivity contribution in [3.63, 3.8) is 0 Å². The zero-order valence-electron chi connectivity index (χ0n) is 11.5. The lowest BCUT2D eigenvalue weighted by molar-refractivity contribution is 0.362. The van der Waals surface area contributed by atoms with Crippen LogP contribution in [0.2, 0.25) is 0 Å². The maximum atomic E-state index is 13.6. The Balaban J connectivity index is 2.06. The highest BCUT2D eigenvalue weighted by molar-refractivity contribution is 7.99. The van der Waals surface area contributed by atoms with Gasteiger partial charge in [0, 0.05) is 11.3 Å². The van der Waals surface area contributed by atoms with Gasteiger partial charge in [-0.15, -0.1) is 11.6 Å². The summed E-state index contributed by atoms with van der Waals surface area (Å²) < 4.78 is 15.7. The lowest BCUT2D eigenvalue weighted by Crippen LogP contribution is -2.21. The first-order valence-electron chi connectivity index (χ1n) is 6.98. The van der Waals surface area contributed by atoms with Gasteiger partial charge in [-0.25, -0.2) is 9.37 Å². The number of hydrogen-bond donors (Lipinski definition) is 0. The Morgan fingerprint density at radius 1 is 1.45 bits per heavy atom. The Morgan fingerprint density at radius 3 is 3.05 bits per heavy atom. The maximum absolute atomic E-state index is 13.6. The summed E-state index contributed by atoms with van der Waals surface area (Å²) >= 11 is 7.98. The van der Waals surface area contributed by atoms with Crippen LogP contribution in [0, 0.1) is 5.82 Å². The molecule has 0 radical (unpaired) electrons. The molecular weight excluding hydrogens is 295 g/mol. The van der Waals surface area contributed by atoms with Crippen molar-refractivity contribution in [3.05, 3.63) is 29.8 Å². The predicted octanol–water partition coefficient (Wildman–Crippen LogP) is 4.76. The van der Waals surface area contributed by atoms with E-state index in [4.69, 9.17) is 11.6 Å². The van der Waals surface area contributed by atoms with Crippen molar-refractivity contribution in [2.24, 2.45) is 0 Å². The third-order valence-electron chi connectivity index (χ3n) is 4.14. The summed E-state index contributed by atoms with van der Waals surface area (Å²) in [5.41, 5.74) is 1.72. The van der Waals surface area contributed by atoms with Crippen LogP contribution in [-0.2, 0) is 5.88 Å². The van der Waals surface area contributed by atoms with Crippen LogP contribution in [0.15, 0.2) is 18.2 Å². The molecule has 1 aliphatic rings. The van der Waals surface area contributed by atoms with Crippen molar-refractivity contribution in [2.45, 2.75) is 42.9 Å². The van der Waals surface area contributed by atoms with E-state index < -0.39 is 0 Å². The van der Waals surface area contributed by atoms with Gasteiger partial charge in [-0.1, -0.05) is 6.42 Å². The van der Waals surface area contributed by atoms with E-state index in [1.54, 1.807) is 12.1 Å². The molecule has 1 saturated carbocycles. The van der Waals surface area contributed by atoms with Crippen molar-refractivity contribution in [2.75, 3.05) is 6.26 Å². The van der Waals surface area contributed by atoms with Gasteiger partial charge in [0.25, 0.3) is 0 Å². The fraction of sp³-hybridized carbons (Fsp3) is 0.533. The molecule has 1 aliphatic carbocycles. The molecule has 0 saturated heterocycles. The number of imidazole rings is 1. The molecule has 5 heteroatoms. The van der Waals surface area contributed by atoms with Gasteiger partial charge >= 0.3 is 0 Å². The third-order valence-corrected chi connectivity index (χ3v) is 5.47. The molecule has 0 aliphatic heterocycles. The quantitative estimate of drug-likeness (QED) is 0.760. The smallest absolute Gasteiger partial charge is 0.125 e. The van der Waals surface area contributed by atoms with Crippen LogP contribution < -0.4 is 0 Å². The summed E-state index contributed by atoms with van der Waals surface area (Å²) in [5, 5.41) is 0.683. The van der Waals surface area contributed by atoms with Crippen LogP contribution in [0.5, 0.6) is 0 Å². The molecule has 1 fully saturated rings. The summed E-state index contributed by atoms with van der Waals surface area (Å²) in [5.74, 6) is 1.02. The molecule has 2 nitrogen and oxygen atoms in total. The summed E-state index contributed by atoms with van der Waals surface area (Å²) in [6.07, 6.45) is 6.90. The minimum Gasteiger partial charge on any atom is -0.324 e. The number of fused-ring (bicyclic) bond motifs is 1. The fourth-order valence-corrected chi connectivity index (χ4v) is 4.19. The van der Waals surface area contributed by atoms with E-state index in [0.29, 0.717) is 17.2 Å². The van der Waals surface area contributed by atoms with Gasteiger partial charge < -0.3 is 4.57 Å². The second kappa shape index (κ2) is 5.94. The Kier molecular flexibility index (Phi) is 4.22. The number of benzene rings is 1. The van der Waals surface area contributed by atoms with Gasteiger partial charge in [-0.05, 0) is 43.7 Å². The van der Waals surface area contributed by atoms with Crippen LogP contribution in [-0.4, -0.2) is 21.1 Å². The van der Waals surface area contributed by atoms with Gasteiger partial charge in [0.1, 0.15) is 11.6 Å². The van der Waals surface area contributed by atoms with Crippen molar-refractivity contribution in [1.82, 2.24) is 9.55 Å². The van der Waals surface area contributed by atoms with Gasteiger partial charge in [0.15, 0.2) is 0 Å². The molecule has 0 spiro atoms. The number of hydrogen-bond acceptors (Lipinski definition) is 2. The van der Waals surface area contributed by atoms with Crippen LogP contribution in [0.1, 0.15) is 37.5 Å². The molecule has 2 aromatic rings. The molecule has 0 bridgehead atoms. The second-order valence-electron chi connectivity index (χ2n) is 5.34. The standard InChI is InChI=1S/C15H18ClFN2S/c1-20-12-4-2-3-11(8-12)19-14-7-10(17)5-6-13(14)18-15(19)9-16/h5-7,11-12H,2-4,8-9H2,1H3. The first kappa shape index (κ1) is 14.2. The van der Waals surface area contributed by atoms with Crippen molar-refractivity contribution < 1.29 is 4.39 Å². The highest BCUT2D eigenvalue weighted by Crippen LogP contribution is 2.37. The van der Waals surface area contributed by atoms with E-state index in [9.17, 15) is 4.39 Å². The number of thioether (sulfide) groups is 1. The van der Waals surface area contributed by atoms with E-state index in [0.717, 1.165) is 29.7 Å². The minimum atomic E-state index is -0.211. The molecular formula is C15H18ClFN2S. The average molecular weight is 313 g/mol. The number of aromatic nitrogens is 2. The van der Waals surface area contributed by atoms with E-state index in [-0.39, 0.29) is 5.82 Å². The summed E-state index contributed by atoms with van der Waals surface area (Å²) in [6, 6.07) is 5.18. The molecule has 3 rings (SSSR count). The topological polar surface area (TPSA) is 17.8 Å². The molecule has 0 amide bonds. The van der Waals surface area contributed by atoms with Crippen LogP contribution >= 0.6 is 23.4 Å². The number of halogens is 2. The summed E-state index contributed by atoms with van der Waals surface area (Å²) in [6.45, 7) is 0. The third kappa shape index (κ3) is 2.56. The first-order chi connectivity index (χ1) is 9.72. The van der Waals surface area contributed by atoms with Gasteiger partial charge in [0.2, 0.25) is 0 Å². The lowest BCUT2D eigenvalue weighted by Gasteiger charge is -2.30. The molecule has 1 heterocycles. The van der Waals surface area contributed by atoms with Crippen LogP contribution in [0.4, 0.5) is 4.39 Å². The Bertz CT molecular complexity index is 613. The average Bonchev–Trinajstić information content (AvgIpc) is 2.85. The van der Waals surface area contributed by atoms with Gasteiger partial charge in [-0.3, -0.25) is 0 Å². The summed E-state index contributed by atoms with van der Waals surface area (Å²) in [4.78, 5) is 4.56. The summed E-state index contributed by atoms with van der Waals surface area (Å²) in [7, 11) is 0. The van der Waals surface area contributed by atoms with E-state index >= 15 is 0 Å². The SMILES string of the molecule is CSC1CCCC(n2c(CCl)nc3ccc(F)cc32)C1. The zero-order chi connectivity index (χ0) is 14.1. The number of alkyl halides is 1. The van der Waals surface area contributed by atoms with Crippen LogP contribution in [0.25, 0.3) is 11.0 Å². The largest absolute Gasteiger partial charge is 0.324 e. The normalized spacial score (nSPS) is 23.4. The lowest BCUT2D eigenvalue weighted by atomic mass is 9.94. The van der Waals surface area contributed by atoms with Crippen molar-refractivity contribution in [3.8, 4) is 0 Å². The highest BCUT2D eigenvalue weighted by Gasteiger charge is 2.26. The monoisotopic (exact) mass is 312 g/mol. The van der Waals surface area contributed by atoms with Gasteiger partial charge in [-0.2, -0.15) is 11.8 Å². The first-order valence-corrected chi connectivity index (χ1v) is 8.80. The zero-order valence-corrected chi connectivity index (χ0v) is 13.1. The molecule has 108 valence electrons. The van der Waals surface area contributed by atoms with E-state index in [1.807, 2.05) is 11.8 Å². The van der Waals surface area contributed by atoms with Crippen molar-refractivity contribution in [1.29, 1.82) is 0 Å². The van der Waals surface area contributed by atoms with Gasteiger partial charge in [0.05, 0.1) is 16.9 Å². The molecule has 2 atom stereocenters. The molecule has 0 N–H and O–H groups in total. The number of nitrogens with zero attached hydrogens (tertiary/aromatic N) is 2. The second-order valence-corrected chi connectivity index (χ2v) is 6.75. The fourth-order valence-electron chi connectivity index (χ4n) is 3.19.